The van der Waals surface area contributed by atoms with Gasteiger partial charge in [0.1, 0.15) is 0 Å². The molecule has 0 spiro atoms. The lowest BCUT2D eigenvalue weighted by atomic mass is 10.0. The highest BCUT2D eigenvalue weighted by atomic mass is 16.4. The SMILES string of the molecule is CC(O)(CNC(=O)CNCC1CC1)CC(=O)O. The van der Waals surface area contributed by atoms with Gasteiger partial charge in [-0.1, -0.05) is 0 Å². The fourth-order valence-electron chi connectivity index (χ4n) is 1.45. The van der Waals surface area contributed by atoms with Crippen LogP contribution in [0.5, 0.6) is 0 Å². The first kappa shape index (κ1) is 13.9. The summed E-state index contributed by atoms with van der Waals surface area (Å²) in [5.74, 6) is -0.606. The summed E-state index contributed by atoms with van der Waals surface area (Å²) in [5, 5.41) is 23.7. The highest BCUT2D eigenvalue weighted by Crippen LogP contribution is 2.27. The van der Waals surface area contributed by atoms with Gasteiger partial charge in [0, 0.05) is 6.54 Å². The maximum Gasteiger partial charge on any atom is 0.306 e. The Kier molecular flexibility index (Phi) is 4.89. The highest BCUT2D eigenvalue weighted by Gasteiger charge is 2.25. The fraction of sp³-hybridized carbons (Fsp3) is 0.818. The van der Waals surface area contributed by atoms with E-state index in [-0.39, 0.29) is 25.4 Å². The van der Waals surface area contributed by atoms with E-state index in [9.17, 15) is 14.7 Å². The van der Waals surface area contributed by atoms with Crippen LogP contribution in [-0.2, 0) is 9.59 Å². The molecule has 0 bridgehead atoms. The van der Waals surface area contributed by atoms with Crippen LogP contribution in [0.4, 0.5) is 0 Å². The van der Waals surface area contributed by atoms with Gasteiger partial charge in [0.25, 0.3) is 0 Å². The normalized spacial score (nSPS) is 18.5. The largest absolute Gasteiger partial charge is 0.481 e. The van der Waals surface area contributed by atoms with Crippen molar-refractivity contribution >= 4 is 11.9 Å². The molecule has 1 atom stereocenters. The van der Waals surface area contributed by atoms with E-state index in [0.29, 0.717) is 5.92 Å². The number of rotatable bonds is 8. The number of nitrogens with one attached hydrogen (secondary N) is 2. The summed E-state index contributed by atoms with van der Waals surface area (Å²) in [6.07, 6.45) is 2.06. The first-order chi connectivity index (χ1) is 7.89. The van der Waals surface area contributed by atoms with Crippen LogP contribution in [0.1, 0.15) is 26.2 Å². The number of carboxylic acid groups (broad SMARTS) is 1. The molecule has 98 valence electrons. The van der Waals surface area contributed by atoms with Crippen molar-refractivity contribution < 1.29 is 19.8 Å². The topological polar surface area (TPSA) is 98.7 Å². The molecule has 1 rings (SSSR count). The Hall–Kier alpha value is -1.14. The number of amides is 1. The Morgan fingerprint density at radius 3 is 2.59 bits per heavy atom. The second-order valence-corrected chi connectivity index (χ2v) is 4.92. The van der Waals surface area contributed by atoms with Gasteiger partial charge in [-0.3, -0.25) is 9.59 Å². The monoisotopic (exact) mass is 244 g/mol. The molecular weight excluding hydrogens is 224 g/mol. The molecule has 0 radical (unpaired) electrons. The van der Waals surface area contributed by atoms with Crippen LogP contribution in [0.2, 0.25) is 0 Å². The van der Waals surface area contributed by atoms with E-state index in [4.69, 9.17) is 5.11 Å². The van der Waals surface area contributed by atoms with Gasteiger partial charge in [0.2, 0.25) is 5.91 Å². The molecule has 1 aliphatic carbocycles. The van der Waals surface area contributed by atoms with E-state index in [1.54, 1.807) is 0 Å². The molecule has 0 saturated heterocycles. The molecule has 1 amide bonds. The number of hydrogen-bond acceptors (Lipinski definition) is 4. The van der Waals surface area contributed by atoms with Crippen molar-refractivity contribution in [2.75, 3.05) is 19.6 Å². The standard InChI is InChI=1S/C11H20N2O4/c1-11(17,4-10(15)16)7-13-9(14)6-12-5-8-2-3-8/h8,12,17H,2-7H2,1H3,(H,13,14)(H,15,16). The summed E-state index contributed by atoms with van der Waals surface area (Å²) in [6, 6.07) is 0. The van der Waals surface area contributed by atoms with Crippen molar-refractivity contribution in [3.8, 4) is 0 Å². The van der Waals surface area contributed by atoms with Gasteiger partial charge >= 0.3 is 5.97 Å². The first-order valence-corrected chi connectivity index (χ1v) is 5.81. The molecule has 1 saturated carbocycles. The predicted molar refractivity (Wildman–Crippen MR) is 61.5 cm³/mol. The van der Waals surface area contributed by atoms with Crippen molar-refractivity contribution in [1.29, 1.82) is 0 Å². The molecule has 0 heterocycles. The van der Waals surface area contributed by atoms with Crippen molar-refractivity contribution in [3.05, 3.63) is 0 Å². The van der Waals surface area contributed by atoms with E-state index in [1.165, 1.54) is 19.8 Å². The van der Waals surface area contributed by atoms with E-state index in [1.807, 2.05) is 0 Å². The third-order valence-corrected chi connectivity index (χ3v) is 2.61. The molecule has 0 aromatic carbocycles. The molecule has 0 aromatic rings. The van der Waals surface area contributed by atoms with Crippen LogP contribution in [0.3, 0.4) is 0 Å². The number of carbonyl (C=O) groups is 2. The second-order valence-electron chi connectivity index (χ2n) is 4.92. The number of hydrogen-bond donors (Lipinski definition) is 4. The van der Waals surface area contributed by atoms with Gasteiger partial charge in [-0.2, -0.15) is 0 Å². The Bertz CT molecular complexity index is 287. The third kappa shape index (κ3) is 6.91. The average molecular weight is 244 g/mol. The van der Waals surface area contributed by atoms with E-state index in [2.05, 4.69) is 10.6 Å². The van der Waals surface area contributed by atoms with E-state index in [0.717, 1.165) is 6.54 Å². The zero-order valence-electron chi connectivity index (χ0n) is 10.0. The number of aliphatic carboxylic acids is 1. The second kappa shape index (κ2) is 5.97. The molecule has 17 heavy (non-hydrogen) atoms. The van der Waals surface area contributed by atoms with Gasteiger partial charge in [-0.05, 0) is 32.2 Å². The van der Waals surface area contributed by atoms with Crippen LogP contribution >= 0.6 is 0 Å². The summed E-state index contributed by atoms with van der Waals surface area (Å²) in [5.41, 5.74) is -1.40. The minimum Gasteiger partial charge on any atom is -0.481 e. The van der Waals surface area contributed by atoms with Gasteiger partial charge in [0.15, 0.2) is 0 Å². The van der Waals surface area contributed by atoms with Crippen molar-refractivity contribution in [2.45, 2.75) is 31.8 Å². The third-order valence-electron chi connectivity index (χ3n) is 2.61. The predicted octanol–water partition coefficient (Wildman–Crippen LogP) is -0.672. The molecular formula is C11H20N2O4. The summed E-state index contributed by atoms with van der Waals surface area (Å²) in [4.78, 5) is 21.8. The minimum absolute atomic E-state index is 0.0523. The van der Waals surface area contributed by atoms with Crippen molar-refractivity contribution in [3.63, 3.8) is 0 Å². The molecule has 1 fully saturated rings. The molecule has 0 aromatic heterocycles. The van der Waals surface area contributed by atoms with E-state index < -0.39 is 11.6 Å². The number of carbonyl (C=O) groups excluding carboxylic acids is 1. The maximum atomic E-state index is 11.3. The average Bonchev–Trinajstić information content (AvgIpc) is 2.97. The lowest BCUT2D eigenvalue weighted by Gasteiger charge is -2.21. The molecule has 4 N–H and O–H groups in total. The van der Waals surface area contributed by atoms with Crippen molar-refractivity contribution in [2.24, 2.45) is 5.92 Å². The van der Waals surface area contributed by atoms with Crippen molar-refractivity contribution in [1.82, 2.24) is 10.6 Å². The molecule has 1 aliphatic rings. The summed E-state index contributed by atoms with van der Waals surface area (Å²) in [6.45, 7) is 2.39. The Labute approximate surface area is 100 Å². The van der Waals surface area contributed by atoms with Gasteiger partial charge < -0.3 is 20.8 Å². The smallest absolute Gasteiger partial charge is 0.306 e. The van der Waals surface area contributed by atoms with Crippen LogP contribution in [0, 0.1) is 5.92 Å². The molecule has 6 nitrogen and oxygen atoms in total. The van der Waals surface area contributed by atoms with Crippen LogP contribution in [0.15, 0.2) is 0 Å². The highest BCUT2D eigenvalue weighted by molar-refractivity contribution is 5.78. The fourth-order valence-corrected chi connectivity index (χ4v) is 1.45. The van der Waals surface area contributed by atoms with Gasteiger partial charge in [-0.15, -0.1) is 0 Å². The quantitative estimate of drug-likeness (QED) is 0.454. The summed E-state index contributed by atoms with van der Waals surface area (Å²) in [7, 11) is 0. The summed E-state index contributed by atoms with van der Waals surface area (Å²) < 4.78 is 0. The van der Waals surface area contributed by atoms with Crippen LogP contribution in [0.25, 0.3) is 0 Å². The van der Waals surface area contributed by atoms with Gasteiger partial charge in [-0.25, -0.2) is 0 Å². The molecule has 6 heteroatoms. The number of carboxylic acids is 1. The lowest BCUT2D eigenvalue weighted by Crippen LogP contribution is -2.44. The summed E-state index contributed by atoms with van der Waals surface area (Å²) >= 11 is 0. The minimum atomic E-state index is -1.40. The molecule has 1 unspecified atom stereocenters. The Morgan fingerprint density at radius 2 is 2.06 bits per heavy atom. The first-order valence-electron chi connectivity index (χ1n) is 5.81. The maximum absolute atomic E-state index is 11.3. The number of aliphatic hydroxyl groups is 1. The Balaban J connectivity index is 2.10. The zero-order valence-corrected chi connectivity index (χ0v) is 10.0. The van der Waals surface area contributed by atoms with Crippen LogP contribution in [-0.4, -0.2) is 47.3 Å². The van der Waals surface area contributed by atoms with E-state index >= 15 is 0 Å². The van der Waals surface area contributed by atoms with Gasteiger partial charge in [0.05, 0.1) is 18.6 Å². The zero-order chi connectivity index (χ0) is 12.9. The Morgan fingerprint density at radius 1 is 1.41 bits per heavy atom. The van der Waals surface area contributed by atoms with Crippen LogP contribution < -0.4 is 10.6 Å². The molecule has 0 aliphatic heterocycles. The lowest BCUT2D eigenvalue weighted by molar-refractivity contribution is -0.142.